The lowest BCUT2D eigenvalue weighted by atomic mass is 10.1. The first-order valence-corrected chi connectivity index (χ1v) is 11.2. The molecule has 2 aromatic heterocycles. The minimum absolute atomic E-state index is 0.135. The van der Waals surface area contributed by atoms with Crippen LogP contribution in [0.3, 0.4) is 0 Å². The molecule has 0 aliphatic carbocycles. The lowest BCUT2D eigenvalue weighted by molar-refractivity contribution is -0.110. The number of aromatic nitrogens is 1. The number of anilines is 1. The number of furan rings is 1. The molecule has 1 fully saturated rings. The lowest BCUT2D eigenvalue weighted by Gasteiger charge is -2.30. The quantitative estimate of drug-likeness (QED) is 0.564. The van der Waals surface area contributed by atoms with Crippen LogP contribution in [0, 0.1) is 0 Å². The Morgan fingerprint density at radius 3 is 3.00 bits per heavy atom. The average Bonchev–Trinajstić information content (AvgIpc) is 3.39. The van der Waals surface area contributed by atoms with Crippen molar-refractivity contribution in [3.8, 4) is 11.3 Å². The molecule has 0 bridgehead atoms. The van der Waals surface area contributed by atoms with Crippen LogP contribution in [-0.4, -0.2) is 47.9 Å². The lowest BCUT2D eigenvalue weighted by Crippen LogP contribution is -2.46. The second-order valence-electron chi connectivity index (χ2n) is 8.44. The fourth-order valence-electron chi connectivity index (χ4n) is 4.28. The van der Waals surface area contributed by atoms with Gasteiger partial charge in [-0.25, -0.2) is 0 Å². The van der Waals surface area contributed by atoms with Gasteiger partial charge in [0, 0.05) is 46.8 Å². The van der Waals surface area contributed by atoms with Gasteiger partial charge in [0.2, 0.25) is 0 Å². The predicted molar refractivity (Wildman–Crippen MR) is 128 cm³/mol. The number of carbonyl (C=O) groups is 2. The van der Waals surface area contributed by atoms with Crippen molar-refractivity contribution in [1.82, 2.24) is 15.2 Å². The molecule has 3 aromatic rings. The van der Waals surface area contributed by atoms with Crippen LogP contribution in [0.5, 0.6) is 0 Å². The van der Waals surface area contributed by atoms with E-state index >= 15 is 0 Å². The average molecular weight is 463 g/mol. The van der Waals surface area contributed by atoms with E-state index in [1.807, 2.05) is 0 Å². The van der Waals surface area contributed by atoms with Crippen LogP contribution < -0.4 is 10.6 Å². The third-order valence-corrected chi connectivity index (χ3v) is 6.16. The molecule has 0 spiro atoms. The number of fused-ring (bicyclic) bond motifs is 1. The second kappa shape index (κ2) is 8.84. The summed E-state index contributed by atoms with van der Waals surface area (Å²) in [4.78, 5) is 31.6. The van der Waals surface area contributed by atoms with Gasteiger partial charge in [0.25, 0.3) is 11.8 Å². The molecule has 1 saturated heterocycles. The summed E-state index contributed by atoms with van der Waals surface area (Å²) in [5, 5.41) is 6.48. The summed E-state index contributed by atoms with van der Waals surface area (Å²) in [5.41, 5.74) is 3.11. The summed E-state index contributed by atoms with van der Waals surface area (Å²) in [6.45, 7) is 1.90. The Labute approximate surface area is 196 Å². The first-order valence-electron chi connectivity index (χ1n) is 10.8. The molecule has 0 saturated carbocycles. The summed E-state index contributed by atoms with van der Waals surface area (Å²) in [6, 6.07) is 10.7. The maximum Gasteiger partial charge on any atom is 0.256 e. The molecule has 7 nitrogen and oxygen atoms in total. The zero-order valence-corrected chi connectivity index (χ0v) is 18.9. The Bertz CT molecular complexity index is 1270. The summed E-state index contributed by atoms with van der Waals surface area (Å²) >= 11 is 6.10. The number of carbonyl (C=O) groups excluding carboxylic acids is 2. The third-order valence-electron chi connectivity index (χ3n) is 5.92. The first-order chi connectivity index (χ1) is 16.0. The molecule has 5 rings (SSSR count). The Hall–Kier alpha value is -3.42. The van der Waals surface area contributed by atoms with Gasteiger partial charge in [0.15, 0.2) is 0 Å². The van der Waals surface area contributed by atoms with Gasteiger partial charge >= 0.3 is 0 Å². The zero-order chi connectivity index (χ0) is 22.9. The third kappa shape index (κ3) is 4.55. The van der Waals surface area contributed by atoms with Crippen LogP contribution >= 0.6 is 11.6 Å². The molecule has 1 unspecified atom stereocenters. The molecular weight excluding hydrogens is 440 g/mol. The minimum Gasteiger partial charge on any atom is -0.457 e. The molecule has 8 heteroatoms. The Kier molecular flexibility index (Phi) is 5.74. The molecule has 4 heterocycles. The van der Waals surface area contributed by atoms with Crippen molar-refractivity contribution in [1.29, 1.82) is 0 Å². The molecule has 33 heavy (non-hydrogen) atoms. The van der Waals surface area contributed by atoms with E-state index in [0.29, 0.717) is 33.2 Å². The Morgan fingerprint density at radius 2 is 2.15 bits per heavy atom. The standard InChI is InChI=1S/C25H23ClN4O3/c1-30-8-2-3-18(14-30)28-24(31)16-9-15(12-27-13-16)23-7-5-19(33-23)11-21-20-10-17(26)4-6-22(20)29-25(21)32/h4-7,9-13,18H,2-3,8,14H2,1H3,(H,28,31)(H,29,32). The summed E-state index contributed by atoms with van der Waals surface area (Å²) in [7, 11) is 2.06. The molecule has 2 N–H and O–H groups in total. The predicted octanol–water partition coefficient (Wildman–Crippen LogP) is 4.31. The molecule has 1 aromatic carbocycles. The maximum absolute atomic E-state index is 12.8. The highest BCUT2D eigenvalue weighted by molar-refractivity contribution is 6.36. The number of amides is 2. The van der Waals surface area contributed by atoms with Crippen LogP contribution in [0.2, 0.25) is 5.02 Å². The molecule has 0 radical (unpaired) electrons. The number of likely N-dealkylation sites (tertiary alicyclic amines) is 1. The minimum atomic E-state index is -0.209. The van der Waals surface area contributed by atoms with E-state index < -0.39 is 0 Å². The van der Waals surface area contributed by atoms with E-state index in [4.69, 9.17) is 16.0 Å². The number of nitrogens with one attached hydrogen (secondary N) is 2. The van der Waals surface area contributed by atoms with Gasteiger partial charge in [0.1, 0.15) is 11.5 Å². The van der Waals surface area contributed by atoms with Gasteiger partial charge in [-0.3, -0.25) is 14.6 Å². The highest BCUT2D eigenvalue weighted by Gasteiger charge is 2.25. The smallest absolute Gasteiger partial charge is 0.256 e. The number of pyridine rings is 1. The van der Waals surface area contributed by atoms with Gasteiger partial charge in [-0.2, -0.15) is 0 Å². The van der Waals surface area contributed by atoms with Crippen LogP contribution in [0.1, 0.15) is 34.5 Å². The summed E-state index contributed by atoms with van der Waals surface area (Å²) in [5.74, 6) is 0.725. The van der Waals surface area contributed by atoms with Crippen molar-refractivity contribution < 1.29 is 14.0 Å². The van der Waals surface area contributed by atoms with Gasteiger partial charge in [-0.15, -0.1) is 0 Å². The van der Waals surface area contributed by atoms with E-state index in [0.717, 1.165) is 37.2 Å². The van der Waals surface area contributed by atoms with Crippen molar-refractivity contribution in [3.05, 3.63) is 70.7 Å². The van der Waals surface area contributed by atoms with E-state index in [9.17, 15) is 9.59 Å². The number of hydrogen-bond acceptors (Lipinski definition) is 5. The highest BCUT2D eigenvalue weighted by Crippen LogP contribution is 2.35. The molecule has 2 aliphatic heterocycles. The highest BCUT2D eigenvalue weighted by atomic mass is 35.5. The van der Waals surface area contributed by atoms with E-state index in [-0.39, 0.29) is 17.9 Å². The number of halogens is 1. The molecule has 2 amide bonds. The van der Waals surface area contributed by atoms with Crippen molar-refractivity contribution in [3.63, 3.8) is 0 Å². The largest absolute Gasteiger partial charge is 0.457 e. The number of likely N-dealkylation sites (N-methyl/N-ethyl adjacent to an activating group) is 1. The van der Waals surface area contributed by atoms with Crippen molar-refractivity contribution >= 4 is 40.8 Å². The second-order valence-corrected chi connectivity index (χ2v) is 8.88. The van der Waals surface area contributed by atoms with Crippen molar-refractivity contribution in [2.45, 2.75) is 18.9 Å². The summed E-state index contributed by atoms with van der Waals surface area (Å²) < 4.78 is 5.96. The number of rotatable bonds is 4. The number of piperidine rings is 1. The zero-order valence-electron chi connectivity index (χ0n) is 18.1. The normalized spacial score (nSPS) is 19.4. The molecule has 168 valence electrons. The molecule has 1 atom stereocenters. The van der Waals surface area contributed by atoms with Gasteiger partial charge in [0.05, 0.1) is 11.1 Å². The first kappa shape index (κ1) is 21.4. The molecular formula is C25H23ClN4O3. The van der Waals surface area contributed by atoms with Crippen LogP contribution in [-0.2, 0) is 4.79 Å². The van der Waals surface area contributed by atoms with E-state index in [1.54, 1.807) is 54.9 Å². The SMILES string of the molecule is CN1CCCC(NC(=O)c2cncc(-c3ccc(C=C4C(=O)Nc5ccc(Cl)cc54)o3)c2)C1. The number of nitrogens with zero attached hydrogens (tertiary/aromatic N) is 2. The van der Waals surface area contributed by atoms with Crippen LogP contribution in [0.4, 0.5) is 5.69 Å². The monoisotopic (exact) mass is 462 g/mol. The fourth-order valence-corrected chi connectivity index (χ4v) is 4.46. The topological polar surface area (TPSA) is 87.5 Å². The maximum atomic E-state index is 12.8. The Balaban J connectivity index is 1.36. The van der Waals surface area contributed by atoms with Gasteiger partial charge in [-0.05, 0) is 68.9 Å². The van der Waals surface area contributed by atoms with E-state index in [2.05, 4.69) is 27.6 Å². The Morgan fingerprint density at radius 1 is 1.27 bits per heavy atom. The number of benzene rings is 1. The van der Waals surface area contributed by atoms with Crippen LogP contribution in [0.25, 0.3) is 23.0 Å². The summed E-state index contributed by atoms with van der Waals surface area (Å²) in [6.07, 6.45) is 6.93. The molecule has 2 aliphatic rings. The number of hydrogen-bond donors (Lipinski definition) is 2. The van der Waals surface area contributed by atoms with Gasteiger partial charge < -0.3 is 20.0 Å². The van der Waals surface area contributed by atoms with E-state index in [1.165, 1.54) is 0 Å². The van der Waals surface area contributed by atoms with Crippen LogP contribution in [0.15, 0.2) is 53.2 Å². The van der Waals surface area contributed by atoms with Crippen molar-refractivity contribution in [2.24, 2.45) is 0 Å². The van der Waals surface area contributed by atoms with Crippen molar-refractivity contribution in [2.75, 3.05) is 25.5 Å². The fraction of sp³-hybridized carbons (Fsp3) is 0.240. The van der Waals surface area contributed by atoms with Gasteiger partial charge in [-0.1, -0.05) is 11.6 Å².